The molecule has 0 aliphatic carbocycles. The maximum Gasteiger partial charge on any atom is 0.269 e. The first-order valence-corrected chi connectivity index (χ1v) is 6.97. The van der Waals surface area contributed by atoms with E-state index < -0.39 is 11.8 Å². The Hall–Kier alpha value is -2.37. The zero-order valence-electron chi connectivity index (χ0n) is 11.2. The van der Waals surface area contributed by atoms with E-state index in [4.69, 9.17) is 23.2 Å². The van der Waals surface area contributed by atoms with Crippen LogP contribution in [0.2, 0.25) is 10.3 Å². The predicted octanol–water partition coefficient (Wildman–Crippen LogP) is 2.86. The lowest BCUT2D eigenvalue weighted by Crippen LogP contribution is -2.40. The summed E-state index contributed by atoms with van der Waals surface area (Å²) in [6.07, 6.45) is 2.93. The van der Waals surface area contributed by atoms with Crippen LogP contribution in [0, 0.1) is 0 Å². The molecule has 0 aliphatic heterocycles. The summed E-state index contributed by atoms with van der Waals surface area (Å²) in [5.74, 6) is -1.02. The topological polar surface area (TPSA) is 71.1 Å². The van der Waals surface area contributed by atoms with Gasteiger partial charge in [0, 0.05) is 11.6 Å². The highest BCUT2D eigenvalue weighted by molar-refractivity contribution is 6.33. The SMILES string of the molecule is O=C(C=Cc1ccccc1)NNC(=O)c1cc(Cl)nc(Cl)c1. The maximum absolute atomic E-state index is 11.8. The molecule has 0 bridgehead atoms. The number of benzene rings is 1. The number of amides is 2. The highest BCUT2D eigenvalue weighted by Crippen LogP contribution is 2.14. The van der Waals surface area contributed by atoms with Gasteiger partial charge in [0.15, 0.2) is 0 Å². The number of nitrogens with zero attached hydrogens (tertiary/aromatic N) is 1. The van der Waals surface area contributed by atoms with Crippen molar-refractivity contribution in [2.75, 3.05) is 0 Å². The van der Waals surface area contributed by atoms with Gasteiger partial charge in [-0.3, -0.25) is 20.4 Å². The van der Waals surface area contributed by atoms with Crippen LogP contribution >= 0.6 is 23.2 Å². The number of carbonyl (C=O) groups is 2. The van der Waals surface area contributed by atoms with E-state index in [9.17, 15) is 9.59 Å². The average Bonchev–Trinajstić information content (AvgIpc) is 2.50. The van der Waals surface area contributed by atoms with Crippen molar-refractivity contribution in [3.05, 3.63) is 70.0 Å². The Kier molecular flexibility index (Phi) is 5.52. The molecule has 112 valence electrons. The normalized spacial score (nSPS) is 10.5. The molecule has 0 saturated carbocycles. The molecule has 0 aliphatic rings. The van der Waals surface area contributed by atoms with E-state index in [2.05, 4.69) is 15.8 Å². The number of carbonyl (C=O) groups excluding carboxylic acids is 2. The van der Waals surface area contributed by atoms with Crippen LogP contribution in [0.4, 0.5) is 0 Å². The standard InChI is InChI=1S/C15H11Cl2N3O2/c16-12-8-11(9-13(17)18-12)15(22)20-19-14(21)7-6-10-4-2-1-3-5-10/h1-9H,(H,19,21)(H,20,22). The third-order valence-corrected chi connectivity index (χ3v) is 2.94. The summed E-state index contributed by atoms with van der Waals surface area (Å²) < 4.78 is 0. The molecule has 0 spiro atoms. The molecule has 5 nitrogen and oxygen atoms in total. The predicted molar refractivity (Wildman–Crippen MR) is 85.3 cm³/mol. The highest BCUT2D eigenvalue weighted by atomic mass is 35.5. The quantitative estimate of drug-likeness (QED) is 0.514. The first-order chi connectivity index (χ1) is 10.5. The number of aromatic nitrogens is 1. The summed E-state index contributed by atoms with van der Waals surface area (Å²) >= 11 is 11.4. The minimum atomic E-state index is -0.548. The number of halogens is 2. The van der Waals surface area contributed by atoms with Gasteiger partial charge in [0.25, 0.3) is 11.8 Å². The van der Waals surface area contributed by atoms with Crippen molar-refractivity contribution in [3.8, 4) is 0 Å². The van der Waals surface area contributed by atoms with Crippen molar-refractivity contribution in [1.82, 2.24) is 15.8 Å². The van der Waals surface area contributed by atoms with Gasteiger partial charge in [-0.05, 0) is 23.8 Å². The fraction of sp³-hybridized carbons (Fsp3) is 0. The molecule has 2 aromatic rings. The lowest BCUT2D eigenvalue weighted by Gasteiger charge is -2.05. The molecule has 7 heteroatoms. The van der Waals surface area contributed by atoms with Gasteiger partial charge in [-0.25, -0.2) is 4.98 Å². The first-order valence-electron chi connectivity index (χ1n) is 6.21. The number of rotatable bonds is 3. The largest absolute Gasteiger partial charge is 0.269 e. The van der Waals surface area contributed by atoms with Crippen molar-refractivity contribution < 1.29 is 9.59 Å². The van der Waals surface area contributed by atoms with Gasteiger partial charge in [0.05, 0.1) is 0 Å². The molecule has 0 unspecified atom stereocenters. The van der Waals surface area contributed by atoms with Crippen molar-refractivity contribution >= 4 is 41.1 Å². The van der Waals surface area contributed by atoms with Crippen molar-refractivity contribution in [2.45, 2.75) is 0 Å². The minimum absolute atomic E-state index is 0.0907. The van der Waals surface area contributed by atoms with Crippen molar-refractivity contribution in [2.24, 2.45) is 0 Å². The molecule has 2 N–H and O–H groups in total. The van der Waals surface area contributed by atoms with Gasteiger partial charge < -0.3 is 0 Å². The number of hydrazine groups is 1. The molecule has 0 saturated heterocycles. The lowest BCUT2D eigenvalue weighted by atomic mass is 10.2. The summed E-state index contributed by atoms with van der Waals surface area (Å²) in [5.41, 5.74) is 5.58. The Labute approximate surface area is 136 Å². The summed E-state index contributed by atoms with van der Waals surface area (Å²) in [6, 6.07) is 12.0. The highest BCUT2D eigenvalue weighted by Gasteiger charge is 2.09. The van der Waals surface area contributed by atoms with Crippen LogP contribution in [0.3, 0.4) is 0 Å². The molecule has 0 fully saturated rings. The molecular formula is C15H11Cl2N3O2. The van der Waals surface area contributed by atoms with Crippen LogP contribution in [0.5, 0.6) is 0 Å². The molecule has 2 amide bonds. The fourth-order valence-electron chi connectivity index (χ4n) is 1.56. The van der Waals surface area contributed by atoms with E-state index >= 15 is 0 Å². The van der Waals surface area contributed by atoms with E-state index in [1.807, 2.05) is 30.3 Å². The van der Waals surface area contributed by atoms with E-state index in [0.717, 1.165) is 5.56 Å². The van der Waals surface area contributed by atoms with E-state index in [-0.39, 0.29) is 15.9 Å². The van der Waals surface area contributed by atoms with Crippen molar-refractivity contribution in [1.29, 1.82) is 0 Å². The second kappa shape index (κ2) is 7.59. The van der Waals surface area contributed by atoms with Gasteiger partial charge in [0.1, 0.15) is 10.3 Å². The number of hydrogen-bond donors (Lipinski definition) is 2. The number of nitrogens with one attached hydrogen (secondary N) is 2. The molecule has 0 atom stereocenters. The smallest absolute Gasteiger partial charge is 0.268 e. The molecule has 0 radical (unpaired) electrons. The summed E-state index contributed by atoms with van der Waals surface area (Å²) in [6.45, 7) is 0. The Morgan fingerprint density at radius 1 is 1.00 bits per heavy atom. The zero-order chi connectivity index (χ0) is 15.9. The lowest BCUT2D eigenvalue weighted by molar-refractivity contribution is -0.117. The van der Waals surface area contributed by atoms with Crippen LogP contribution in [-0.2, 0) is 4.79 Å². The summed E-state index contributed by atoms with van der Waals surface area (Å²) in [4.78, 5) is 27.2. The molecule has 1 aromatic heterocycles. The Balaban J connectivity index is 1.90. The average molecular weight is 336 g/mol. The van der Waals surface area contributed by atoms with Gasteiger partial charge in [-0.1, -0.05) is 53.5 Å². The van der Waals surface area contributed by atoms with Gasteiger partial charge >= 0.3 is 0 Å². The summed E-state index contributed by atoms with van der Waals surface area (Å²) in [7, 11) is 0. The van der Waals surface area contributed by atoms with Crippen LogP contribution in [0.25, 0.3) is 6.08 Å². The molecule has 2 rings (SSSR count). The van der Waals surface area contributed by atoms with Gasteiger partial charge in [0.2, 0.25) is 0 Å². The van der Waals surface area contributed by atoms with Gasteiger partial charge in [-0.2, -0.15) is 0 Å². The number of hydrogen-bond acceptors (Lipinski definition) is 3. The fourth-order valence-corrected chi connectivity index (χ4v) is 2.02. The Morgan fingerprint density at radius 3 is 2.27 bits per heavy atom. The first kappa shape index (κ1) is 16.0. The summed E-state index contributed by atoms with van der Waals surface area (Å²) in [5, 5.41) is 0.181. The van der Waals surface area contributed by atoms with Crippen LogP contribution < -0.4 is 10.9 Å². The third-order valence-electron chi connectivity index (χ3n) is 2.55. The Bertz CT molecular complexity index is 698. The van der Waals surface area contributed by atoms with E-state index in [1.54, 1.807) is 6.08 Å². The van der Waals surface area contributed by atoms with E-state index in [0.29, 0.717) is 0 Å². The molecule has 22 heavy (non-hydrogen) atoms. The second-order valence-electron chi connectivity index (χ2n) is 4.19. The van der Waals surface area contributed by atoms with Crippen LogP contribution in [0.15, 0.2) is 48.5 Å². The minimum Gasteiger partial charge on any atom is -0.268 e. The molecular weight excluding hydrogens is 325 g/mol. The number of pyridine rings is 1. The van der Waals surface area contributed by atoms with Crippen LogP contribution in [-0.4, -0.2) is 16.8 Å². The maximum atomic E-state index is 11.8. The van der Waals surface area contributed by atoms with Crippen molar-refractivity contribution in [3.63, 3.8) is 0 Å². The van der Waals surface area contributed by atoms with Gasteiger partial charge in [-0.15, -0.1) is 0 Å². The third kappa shape index (κ3) is 4.87. The second-order valence-corrected chi connectivity index (χ2v) is 4.96. The molecule has 1 aromatic carbocycles. The monoisotopic (exact) mass is 335 g/mol. The molecule has 1 heterocycles. The Morgan fingerprint density at radius 2 is 1.64 bits per heavy atom. The van der Waals surface area contributed by atoms with Crippen LogP contribution in [0.1, 0.15) is 15.9 Å². The zero-order valence-corrected chi connectivity index (χ0v) is 12.7. The van der Waals surface area contributed by atoms with E-state index in [1.165, 1.54) is 18.2 Å².